The number of sulfonamides is 1. The summed E-state index contributed by atoms with van der Waals surface area (Å²) in [6, 6.07) is 14.2. The Morgan fingerprint density at radius 1 is 1.23 bits per heavy atom. The Kier molecular flexibility index (Phi) is 9.58. The van der Waals surface area contributed by atoms with Gasteiger partial charge in [-0.3, -0.25) is 0 Å². The van der Waals surface area contributed by atoms with Gasteiger partial charge in [-0.1, -0.05) is 30.3 Å². The Labute approximate surface area is 201 Å². The zero-order valence-electron chi connectivity index (χ0n) is 17.7. The van der Waals surface area contributed by atoms with Crippen LogP contribution in [0, 0.1) is 5.92 Å². The second kappa shape index (κ2) is 11.4. The van der Waals surface area contributed by atoms with Crippen molar-refractivity contribution in [2.75, 3.05) is 33.7 Å². The molecule has 1 aliphatic rings. The fourth-order valence-corrected chi connectivity index (χ4v) is 5.93. The minimum Gasteiger partial charge on any atom is -0.357 e. The van der Waals surface area contributed by atoms with E-state index in [0.29, 0.717) is 16.7 Å². The summed E-state index contributed by atoms with van der Waals surface area (Å²) < 4.78 is 26.1. The molecule has 0 saturated carbocycles. The molecule has 1 aliphatic heterocycles. The summed E-state index contributed by atoms with van der Waals surface area (Å²) in [5.74, 6) is 1.54. The van der Waals surface area contributed by atoms with E-state index >= 15 is 0 Å². The zero-order valence-corrected chi connectivity index (χ0v) is 21.7. The summed E-state index contributed by atoms with van der Waals surface area (Å²) in [5, 5.41) is 3.39. The van der Waals surface area contributed by atoms with Crippen LogP contribution >= 0.6 is 35.3 Å². The van der Waals surface area contributed by atoms with Gasteiger partial charge in [-0.15, -0.1) is 35.3 Å². The standard InChI is InChI=1S/C21H30N4O2S2.HI/c1-4-22-21(23-15-19-10-11-20(28-19)29(26,27)24(2)3)25-13-12-18(16-25)14-17-8-6-5-7-9-17;/h5-11,18H,4,12-16H2,1-3H3,(H,22,23);1H. The normalized spacial score (nSPS) is 17.3. The highest BCUT2D eigenvalue weighted by atomic mass is 127. The van der Waals surface area contributed by atoms with Gasteiger partial charge in [0.2, 0.25) is 0 Å². The fraction of sp³-hybridized carbons (Fsp3) is 0.476. The third-order valence-corrected chi connectivity index (χ3v) is 8.40. The highest BCUT2D eigenvalue weighted by molar-refractivity contribution is 14.0. The molecule has 2 aromatic rings. The first-order chi connectivity index (χ1) is 13.9. The predicted octanol–water partition coefficient (Wildman–Crippen LogP) is 3.65. The second-order valence-electron chi connectivity index (χ2n) is 7.47. The number of nitrogens with one attached hydrogen (secondary N) is 1. The molecule has 1 fully saturated rings. The molecule has 1 N–H and O–H groups in total. The van der Waals surface area contributed by atoms with Gasteiger partial charge >= 0.3 is 0 Å². The van der Waals surface area contributed by atoms with Gasteiger partial charge in [-0.25, -0.2) is 17.7 Å². The molecule has 1 aromatic heterocycles. The van der Waals surface area contributed by atoms with Gasteiger partial charge in [-0.05, 0) is 43.4 Å². The van der Waals surface area contributed by atoms with Crippen LogP contribution in [0.25, 0.3) is 0 Å². The second-order valence-corrected chi connectivity index (χ2v) is 11.0. The van der Waals surface area contributed by atoms with Crippen LogP contribution in [-0.4, -0.2) is 57.3 Å². The van der Waals surface area contributed by atoms with Crippen LogP contribution in [0.4, 0.5) is 0 Å². The monoisotopic (exact) mass is 562 g/mol. The van der Waals surface area contributed by atoms with Gasteiger partial charge in [0.25, 0.3) is 10.0 Å². The minimum atomic E-state index is -3.38. The third-order valence-electron chi connectivity index (χ3n) is 5.04. The van der Waals surface area contributed by atoms with Crippen molar-refractivity contribution in [1.29, 1.82) is 0 Å². The van der Waals surface area contributed by atoms with Gasteiger partial charge < -0.3 is 10.2 Å². The van der Waals surface area contributed by atoms with E-state index < -0.39 is 10.0 Å². The van der Waals surface area contributed by atoms with Crippen LogP contribution < -0.4 is 5.32 Å². The van der Waals surface area contributed by atoms with E-state index in [1.165, 1.54) is 21.2 Å². The molecule has 0 aliphatic carbocycles. The SMILES string of the molecule is CCNC(=NCc1ccc(S(=O)(=O)N(C)C)s1)N1CCC(Cc2ccccc2)C1.I. The van der Waals surface area contributed by atoms with Gasteiger partial charge in [0.1, 0.15) is 4.21 Å². The van der Waals surface area contributed by atoms with Crippen molar-refractivity contribution in [1.82, 2.24) is 14.5 Å². The Hall–Kier alpha value is -1.17. The molecule has 3 rings (SSSR count). The van der Waals surface area contributed by atoms with Crippen LogP contribution in [0.5, 0.6) is 0 Å². The van der Waals surface area contributed by atoms with Crippen molar-refractivity contribution in [3.05, 3.63) is 52.9 Å². The summed E-state index contributed by atoms with van der Waals surface area (Å²) in [7, 11) is -0.278. The molecule has 0 radical (unpaired) electrons. The molecular weight excluding hydrogens is 531 g/mol. The lowest BCUT2D eigenvalue weighted by molar-refractivity contribution is 0.460. The van der Waals surface area contributed by atoms with Crippen LogP contribution in [0.2, 0.25) is 0 Å². The van der Waals surface area contributed by atoms with E-state index in [-0.39, 0.29) is 24.0 Å². The number of benzene rings is 1. The zero-order chi connectivity index (χ0) is 20.9. The van der Waals surface area contributed by atoms with E-state index in [9.17, 15) is 8.42 Å². The Bertz CT molecular complexity index is 929. The number of aliphatic imine (C=N–C) groups is 1. The van der Waals surface area contributed by atoms with Crippen LogP contribution in [0.15, 0.2) is 51.7 Å². The summed E-state index contributed by atoms with van der Waals surface area (Å²) in [6.07, 6.45) is 2.25. The van der Waals surface area contributed by atoms with Crippen LogP contribution in [0.1, 0.15) is 23.8 Å². The first kappa shape index (κ1) is 25.1. The van der Waals surface area contributed by atoms with Crippen molar-refractivity contribution >= 4 is 51.3 Å². The Morgan fingerprint density at radius 3 is 2.63 bits per heavy atom. The lowest BCUT2D eigenvalue weighted by atomic mass is 9.99. The number of thiophene rings is 1. The number of halogens is 1. The van der Waals surface area contributed by atoms with E-state index in [2.05, 4.69) is 47.5 Å². The predicted molar refractivity (Wildman–Crippen MR) is 135 cm³/mol. The minimum absolute atomic E-state index is 0. The van der Waals surface area contributed by atoms with Crippen molar-refractivity contribution in [3.63, 3.8) is 0 Å². The first-order valence-corrected chi connectivity index (χ1v) is 12.2. The van der Waals surface area contributed by atoms with E-state index in [4.69, 9.17) is 4.99 Å². The maximum absolute atomic E-state index is 12.3. The molecule has 0 bridgehead atoms. The van der Waals surface area contributed by atoms with Gasteiger partial charge in [0, 0.05) is 38.6 Å². The molecule has 1 saturated heterocycles. The molecule has 1 unspecified atom stereocenters. The maximum atomic E-state index is 12.3. The molecule has 166 valence electrons. The molecule has 1 atom stereocenters. The van der Waals surface area contributed by atoms with Gasteiger partial charge in [-0.2, -0.15) is 0 Å². The first-order valence-electron chi connectivity index (χ1n) is 9.98. The van der Waals surface area contributed by atoms with E-state index in [1.807, 2.05) is 6.07 Å². The highest BCUT2D eigenvalue weighted by Gasteiger charge is 2.25. The fourth-order valence-electron chi connectivity index (χ4n) is 3.48. The van der Waals surface area contributed by atoms with Crippen molar-refractivity contribution in [2.45, 2.75) is 30.5 Å². The lowest BCUT2D eigenvalue weighted by Crippen LogP contribution is -2.40. The number of nitrogens with zero attached hydrogens (tertiary/aromatic N) is 3. The number of guanidine groups is 1. The maximum Gasteiger partial charge on any atom is 0.252 e. The molecule has 2 heterocycles. The number of rotatable bonds is 7. The summed E-state index contributed by atoms with van der Waals surface area (Å²) in [4.78, 5) is 8.05. The third kappa shape index (κ3) is 6.41. The quantitative estimate of drug-likeness (QED) is 0.318. The van der Waals surface area contributed by atoms with Gasteiger partial charge in [0.15, 0.2) is 5.96 Å². The summed E-state index contributed by atoms with van der Waals surface area (Å²) >= 11 is 1.29. The average molecular weight is 563 g/mol. The largest absolute Gasteiger partial charge is 0.357 e. The molecule has 0 spiro atoms. The van der Waals surface area contributed by atoms with Gasteiger partial charge in [0.05, 0.1) is 6.54 Å². The number of likely N-dealkylation sites (tertiary alicyclic amines) is 1. The summed E-state index contributed by atoms with van der Waals surface area (Å²) in [5.41, 5.74) is 1.38. The number of hydrogen-bond donors (Lipinski definition) is 1. The molecular formula is C21H31IN4O2S2. The van der Waals surface area contributed by atoms with Crippen LogP contribution in [0.3, 0.4) is 0 Å². The van der Waals surface area contributed by atoms with Crippen molar-refractivity contribution in [2.24, 2.45) is 10.9 Å². The van der Waals surface area contributed by atoms with Crippen molar-refractivity contribution in [3.8, 4) is 0 Å². The topological polar surface area (TPSA) is 65.0 Å². The number of hydrogen-bond acceptors (Lipinski definition) is 4. The molecule has 1 aromatic carbocycles. The molecule has 0 amide bonds. The smallest absolute Gasteiger partial charge is 0.252 e. The van der Waals surface area contributed by atoms with E-state index in [1.54, 1.807) is 20.2 Å². The lowest BCUT2D eigenvalue weighted by Gasteiger charge is -2.21. The average Bonchev–Trinajstić information content (AvgIpc) is 3.36. The van der Waals surface area contributed by atoms with Crippen LogP contribution in [-0.2, 0) is 23.0 Å². The van der Waals surface area contributed by atoms with E-state index in [0.717, 1.165) is 43.3 Å². The molecule has 30 heavy (non-hydrogen) atoms. The Balaban J connectivity index is 0.00000320. The Morgan fingerprint density at radius 2 is 1.97 bits per heavy atom. The summed E-state index contributed by atoms with van der Waals surface area (Å²) in [6.45, 7) is 5.35. The molecule has 6 nitrogen and oxygen atoms in total. The molecule has 9 heteroatoms. The van der Waals surface area contributed by atoms with Crippen molar-refractivity contribution < 1.29 is 8.42 Å². The highest BCUT2D eigenvalue weighted by Crippen LogP contribution is 2.25.